The molecule has 2 aliphatic rings. The molecule has 1 saturated carbocycles. The highest BCUT2D eigenvalue weighted by Crippen LogP contribution is 2.25. The molecule has 5 heteroatoms. The summed E-state index contributed by atoms with van der Waals surface area (Å²) in [5, 5.41) is 21.4. The molecule has 0 spiro atoms. The van der Waals surface area contributed by atoms with E-state index in [1.165, 1.54) is 25.7 Å². The van der Waals surface area contributed by atoms with Crippen molar-refractivity contribution in [1.29, 1.82) is 0 Å². The highest BCUT2D eigenvalue weighted by atomic mass is 16.3. The van der Waals surface area contributed by atoms with Gasteiger partial charge in [-0.15, -0.1) is 0 Å². The quantitative estimate of drug-likeness (QED) is 0.692. The van der Waals surface area contributed by atoms with Crippen LogP contribution in [0.1, 0.15) is 32.1 Å². The zero-order chi connectivity index (χ0) is 13.7. The standard InChI is InChI=1S/C14H26N2O3/c17-9-13(10-18)12-5-6-16(8-12)14(19)15-7-11-3-1-2-4-11/h11-13,17-18H,1-10H2,(H,15,19)/t12-/m0/s1. The molecule has 1 saturated heterocycles. The van der Waals surface area contributed by atoms with Crippen molar-refractivity contribution in [3.8, 4) is 0 Å². The van der Waals surface area contributed by atoms with Gasteiger partial charge in [-0.1, -0.05) is 12.8 Å². The zero-order valence-electron chi connectivity index (χ0n) is 11.6. The summed E-state index contributed by atoms with van der Waals surface area (Å²) in [5.41, 5.74) is 0. The van der Waals surface area contributed by atoms with Crippen LogP contribution in [0.3, 0.4) is 0 Å². The first-order chi connectivity index (χ1) is 9.24. The average molecular weight is 270 g/mol. The molecule has 0 radical (unpaired) electrons. The predicted octanol–water partition coefficient (Wildman–Crippen LogP) is 0.809. The van der Waals surface area contributed by atoms with Crippen LogP contribution in [0, 0.1) is 17.8 Å². The highest BCUT2D eigenvalue weighted by Gasteiger charge is 2.31. The number of rotatable bonds is 5. The molecule has 1 heterocycles. The second kappa shape index (κ2) is 7.10. The van der Waals surface area contributed by atoms with Crippen LogP contribution >= 0.6 is 0 Å². The van der Waals surface area contributed by atoms with Gasteiger partial charge in [0.2, 0.25) is 0 Å². The van der Waals surface area contributed by atoms with E-state index in [4.69, 9.17) is 0 Å². The summed E-state index contributed by atoms with van der Waals surface area (Å²) < 4.78 is 0. The average Bonchev–Trinajstić information content (AvgIpc) is 3.09. The molecule has 2 amide bonds. The largest absolute Gasteiger partial charge is 0.396 e. The molecule has 2 fully saturated rings. The third-order valence-corrected chi connectivity index (χ3v) is 4.66. The fourth-order valence-corrected chi connectivity index (χ4v) is 3.27. The lowest BCUT2D eigenvalue weighted by atomic mass is 9.93. The maximum absolute atomic E-state index is 12.0. The number of nitrogens with one attached hydrogen (secondary N) is 1. The Hall–Kier alpha value is -0.810. The predicted molar refractivity (Wildman–Crippen MR) is 72.7 cm³/mol. The van der Waals surface area contributed by atoms with Crippen molar-refractivity contribution < 1.29 is 15.0 Å². The van der Waals surface area contributed by atoms with Crippen LogP contribution in [0.5, 0.6) is 0 Å². The molecule has 1 aliphatic carbocycles. The molecular formula is C14H26N2O3. The number of aliphatic hydroxyl groups is 2. The number of carbonyl (C=O) groups is 1. The van der Waals surface area contributed by atoms with E-state index in [2.05, 4.69) is 5.32 Å². The van der Waals surface area contributed by atoms with Crippen molar-refractivity contribution >= 4 is 6.03 Å². The molecular weight excluding hydrogens is 244 g/mol. The number of likely N-dealkylation sites (tertiary alicyclic amines) is 1. The van der Waals surface area contributed by atoms with Crippen molar-refractivity contribution in [2.75, 3.05) is 32.8 Å². The molecule has 0 bridgehead atoms. The monoisotopic (exact) mass is 270 g/mol. The van der Waals surface area contributed by atoms with Crippen LogP contribution in [0.25, 0.3) is 0 Å². The van der Waals surface area contributed by atoms with Gasteiger partial charge in [0.05, 0.1) is 0 Å². The Labute approximate surface area is 115 Å². The van der Waals surface area contributed by atoms with Crippen LogP contribution in [0.4, 0.5) is 4.79 Å². The van der Waals surface area contributed by atoms with E-state index < -0.39 is 0 Å². The van der Waals surface area contributed by atoms with Crippen molar-refractivity contribution in [3.05, 3.63) is 0 Å². The molecule has 5 nitrogen and oxygen atoms in total. The summed E-state index contributed by atoms with van der Waals surface area (Å²) in [5.74, 6) is 0.796. The van der Waals surface area contributed by atoms with Crippen molar-refractivity contribution in [1.82, 2.24) is 10.2 Å². The van der Waals surface area contributed by atoms with Gasteiger partial charge in [0.1, 0.15) is 0 Å². The first-order valence-corrected chi connectivity index (χ1v) is 7.49. The maximum Gasteiger partial charge on any atom is 0.317 e. The van der Waals surface area contributed by atoms with Gasteiger partial charge in [0.15, 0.2) is 0 Å². The van der Waals surface area contributed by atoms with Crippen molar-refractivity contribution in [3.63, 3.8) is 0 Å². The number of nitrogens with zero attached hydrogens (tertiary/aromatic N) is 1. The van der Waals surface area contributed by atoms with E-state index in [1.807, 2.05) is 4.90 Å². The minimum Gasteiger partial charge on any atom is -0.396 e. The Morgan fingerprint density at radius 1 is 1.21 bits per heavy atom. The van der Waals surface area contributed by atoms with E-state index in [1.54, 1.807) is 0 Å². The first-order valence-electron chi connectivity index (χ1n) is 7.49. The van der Waals surface area contributed by atoms with Crippen molar-refractivity contribution in [2.24, 2.45) is 17.8 Å². The van der Waals surface area contributed by atoms with Crippen LogP contribution in [0.15, 0.2) is 0 Å². The van der Waals surface area contributed by atoms with Crippen LogP contribution in [-0.4, -0.2) is 54.0 Å². The Kier molecular flexibility index (Phi) is 5.45. The van der Waals surface area contributed by atoms with E-state index >= 15 is 0 Å². The summed E-state index contributed by atoms with van der Waals surface area (Å²) >= 11 is 0. The summed E-state index contributed by atoms with van der Waals surface area (Å²) in [6.07, 6.45) is 5.94. The smallest absolute Gasteiger partial charge is 0.317 e. The van der Waals surface area contributed by atoms with Gasteiger partial charge in [-0.2, -0.15) is 0 Å². The topological polar surface area (TPSA) is 72.8 Å². The minimum atomic E-state index is -0.0902. The number of amides is 2. The first kappa shape index (κ1) is 14.6. The molecule has 0 aromatic heterocycles. The zero-order valence-corrected chi connectivity index (χ0v) is 11.6. The minimum absolute atomic E-state index is 0.00129. The van der Waals surface area contributed by atoms with E-state index in [0.29, 0.717) is 12.5 Å². The Morgan fingerprint density at radius 2 is 1.89 bits per heavy atom. The second-order valence-corrected chi connectivity index (χ2v) is 5.96. The van der Waals surface area contributed by atoms with Gasteiger partial charge in [-0.3, -0.25) is 0 Å². The van der Waals surface area contributed by atoms with Gasteiger partial charge in [-0.05, 0) is 31.1 Å². The summed E-state index contributed by atoms with van der Waals surface area (Å²) in [6.45, 7) is 2.18. The highest BCUT2D eigenvalue weighted by molar-refractivity contribution is 5.74. The molecule has 2 rings (SSSR count). The molecule has 3 N–H and O–H groups in total. The number of urea groups is 1. The van der Waals surface area contributed by atoms with Gasteiger partial charge in [0.25, 0.3) is 0 Å². The number of hydrogen-bond acceptors (Lipinski definition) is 3. The fourth-order valence-electron chi connectivity index (χ4n) is 3.27. The fraction of sp³-hybridized carbons (Fsp3) is 0.929. The third-order valence-electron chi connectivity index (χ3n) is 4.66. The SMILES string of the molecule is O=C(NCC1CCCC1)N1CC[C@H](C(CO)CO)C1. The molecule has 110 valence electrons. The lowest BCUT2D eigenvalue weighted by molar-refractivity contribution is 0.108. The maximum atomic E-state index is 12.0. The number of hydrogen-bond donors (Lipinski definition) is 3. The van der Waals surface area contributed by atoms with Crippen LogP contribution in [-0.2, 0) is 0 Å². The molecule has 1 atom stereocenters. The second-order valence-electron chi connectivity index (χ2n) is 5.96. The summed E-state index contributed by atoms with van der Waals surface area (Å²) in [6, 6.07) is 0.0176. The van der Waals surface area contributed by atoms with Crippen molar-refractivity contribution in [2.45, 2.75) is 32.1 Å². The van der Waals surface area contributed by atoms with Gasteiger partial charge in [0, 0.05) is 38.8 Å². The van der Waals surface area contributed by atoms with Gasteiger partial charge in [-0.25, -0.2) is 4.79 Å². The normalized spacial score (nSPS) is 24.4. The van der Waals surface area contributed by atoms with Gasteiger partial charge < -0.3 is 20.4 Å². The van der Waals surface area contributed by atoms with Crippen LogP contribution < -0.4 is 5.32 Å². The number of carbonyl (C=O) groups excluding carboxylic acids is 1. The molecule has 0 aromatic rings. The third kappa shape index (κ3) is 3.83. The Bertz CT molecular complexity index is 288. The lowest BCUT2D eigenvalue weighted by Crippen LogP contribution is -2.41. The summed E-state index contributed by atoms with van der Waals surface area (Å²) in [4.78, 5) is 13.9. The molecule has 19 heavy (non-hydrogen) atoms. The summed E-state index contributed by atoms with van der Waals surface area (Å²) in [7, 11) is 0. The van der Waals surface area contributed by atoms with E-state index in [9.17, 15) is 15.0 Å². The van der Waals surface area contributed by atoms with Crippen LogP contribution in [0.2, 0.25) is 0 Å². The van der Waals surface area contributed by atoms with E-state index in [0.717, 1.165) is 19.5 Å². The van der Waals surface area contributed by atoms with E-state index in [-0.39, 0.29) is 31.1 Å². The Morgan fingerprint density at radius 3 is 2.53 bits per heavy atom. The Balaban J connectivity index is 1.71. The molecule has 0 aromatic carbocycles. The molecule has 0 unspecified atom stereocenters. The molecule has 1 aliphatic heterocycles. The van der Waals surface area contributed by atoms with Gasteiger partial charge >= 0.3 is 6.03 Å². The lowest BCUT2D eigenvalue weighted by Gasteiger charge is -2.21. The number of aliphatic hydroxyl groups excluding tert-OH is 2.